The summed E-state index contributed by atoms with van der Waals surface area (Å²) in [6.45, 7) is 5.08. The van der Waals surface area contributed by atoms with Crippen molar-refractivity contribution in [3.63, 3.8) is 0 Å². The van der Waals surface area contributed by atoms with Crippen LogP contribution in [0.4, 0.5) is 15.9 Å². The molecule has 32 heavy (non-hydrogen) atoms. The molecule has 0 bridgehead atoms. The fraction of sp³-hybridized carbons (Fsp3) is 0.423. The number of nitrogens with zero attached hydrogens (tertiary/aromatic N) is 5. The first-order valence-electron chi connectivity index (χ1n) is 11.8. The van der Waals surface area contributed by atoms with Crippen molar-refractivity contribution in [2.24, 2.45) is 5.41 Å². The van der Waals surface area contributed by atoms with Gasteiger partial charge in [0.05, 0.1) is 5.52 Å². The van der Waals surface area contributed by atoms with Crippen molar-refractivity contribution in [1.29, 1.82) is 0 Å². The van der Waals surface area contributed by atoms with Crippen LogP contribution in [-0.4, -0.2) is 26.1 Å². The number of fused-ring (bicyclic) bond motifs is 4. The molecule has 1 fully saturated rings. The molecule has 3 heterocycles. The van der Waals surface area contributed by atoms with Crippen LogP contribution in [0.5, 0.6) is 0 Å². The van der Waals surface area contributed by atoms with Gasteiger partial charge in [0.15, 0.2) is 0 Å². The molecule has 6 heteroatoms. The average molecular weight is 430 g/mol. The van der Waals surface area contributed by atoms with Crippen LogP contribution in [0.25, 0.3) is 16.7 Å². The number of aromatic nitrogens is 4. The number of rotatable bonds is 5. The summed E-state index contributed by atoms with van der Waals surface area (Å²) >= 11 is 0. The molecule has 0 N–H and O–H groups in total. The van der Waals surface area contributed by atoms with E-state index in [0.717, 1.165) is 48.4 Å². The van der Waals surface area contributed by atoms with Gasteiger partial charge in [-0.25, -0.2) is 4.39 Å². The molecule has 5 nitrogen and oxygen atoms in total. The van der Waals surface area contributed by atoms with E-state index in [-0.39, 0.29) is 5.82 Å². The third-order valence-electron chi connectivity index (χ3n) is 7.69. The van der Waals surface area contributed by atoms with Crippen molar-refractivity contribution in [1.82, 2.24) is 19.6 Å². The van der Waals surface area contributed by atoms with E-state index in [1.54, 1.807) is 12.1 Å². The van der Waals surface area contributed by atoms with E-state index < -0.39 is 0 Å². The summed E-state index contributed by atoms with van der Waals surface area (Å²) in [6, 6.07) is 11.5. The minimum absolute atomic E-state index is 0.258. The van der Waals surface area contributed by atoms with Gasteiger partial charge in [-0.15, -0.1) is 10.2 Å². The Morgan fingerprint density at radius 3 is 2.81 bits per heavy atom. The van der Waals surface area contributed by atoms with Gasteiger partial charge in [-0.1, -0.05) is 25.5 Å². The van der Waals surface area contributed by atoms with Gasteiger partial charge in [0, 0.05) is 17.6 Å². The van der Waals surface area contributed by atoms with Crippen molar-refractivity contribution >= 4 is 28.2 Å². The maximum Gasteiger partial charge on any atom is 0.257 e. The summed E-state index contributed by atoms with van der Waals surface area (Å²) in [5, 5.41) is 9.28. The van der Waals surface area contributed by atoms with Gasteiger partial charge in [0.25, 0.3) is 5.78 Å². The summed E-state index contributed by atoms with van der Waals surface area (Å²) in [6.07, 6.45) is 8.59. The van der Waals surface area contributed by atoms with Crippen LogP contribution in [0, 0.1) is 18.2 Å². The number of hydrogen-bond donors (Lipinski definition) is 0. The van der Waals surface area contributed by atoms with E-state index in [1.807, 2.05) is 11.3 Å². The first kappa shape index (κ1) is 19.6. The second-order valence-corrected chi connectivity index (χ2v) is 9.50. The zero-order valence-electron chi connectivity index (χ0n) is 18.7. The van der Waals surface area contributed by atoms with E-state index in [1.165, 1.54) is 48.6 Å². The van der Waals surface area contributed by atoms with Crippen LogP contribution in [0.2, 0.25) is 0 Å². The standard InChI is InChI=1S/C26H28FN5/c1-3-26(13-14-26)12-11-18-6-4-8-22-20(18)7-5-15-31(22)24-21-16-19(27)9-10-23(21)32-17(2)29-30-25(32)28-24/h4,6,8-10,16H,3,5,7,11-15H2,1-2H3. The fourth-order valence-corrected chi connectivity index (χ4v) is 5.46. The van der Waals surface area contributed by atoms with E-state index in [2.05, 4.69) is 40.2 Å². The first-order valence-corrected chi connectivity index (χ1v) is 11.8. The molecule has 4 aromatic rings. The Morgan fingerprint density at radius 2 is 2.00 bits per heavy atom. The number of benzene rings is 2. The molecule has 6 rings (SSSR count). The lowest BCUT2D eigenvalue weighted by Crippen LogP contribution is -2.27. The van der Waals surface area contributed by atoms with Crippen LogP contribution in [0.3, 0.4) is 0 Å². The summed E-state index contributed by atoms with van der Waals surface area (Å²) < 4.78 is 16.2. The van der Waals surface area contributed by atoms with Crippen molar-refractivity contribution in [2.75, 3.05) is 11.4 Å². The molecule has 1 aliphatic heterocycles. The topological polar surface area (TPSA) is 46.3 Å². The zero-order valence-corrected chi connectivity index (χ0v) is 18.7. The maximum absolute atomic E-state index is 14.3. The average Bonchev–Trinajstić information content (AvgIpc) is 3.51. The highest BCUT2D eigenvalue weighted by Crippen LogP contribution is 2.52. The number of hydrogen-bond acceptors (Lipinski definition) is 4. The second kappa shape index (κ2) is 7.26. The molecular weight excluding hydrogens is 401 g/mol. The fourth-order valence-electron chi connectivity index (χ4n) is 5.46. The number of anilines is 2. The lowest BCUT2D eigenvalue weighted by Gasteiger charge is -2.32. The van der Waals surface area contributed by atoms with Gasteiger partial charge in [-0.2, -0.15) is 4.98 Å². The lowest BCUT2D eigenvalue weighted by molar-refractivity contribution is 0.449. The maximum atomic E-state index is 14.3. The SMILES string of the molecule is CCC1(CCc2cccc3c2CCCN3c2nc3nnc(C)n3c3ccc(F)cc23)CC1. The molecule has 0 spiro atoms. The molecule has 2 aromatic carbocycles. The number of aryl methyl sites for hydroxylation is 2. The van der Waals surface area contributed by atoms with E-state index in [9.17, 15) is 4.39 Å². The Morgan fingerprint density at radius 1 is 1.12 bits per heavy atom. The molecule has 2 aromatic heterocycles. The van der Waals surface area contributed by atoms with Crippen molar-refractivity contribution in [2.45, 2.75) is 58.8 Å². The molecular formula is C26H28FN5. The predicted octanol–water partition coefficient (Wildman–Crippen LogP) is 5.93. The Bertz CT molecular complexity index is 1340. The highest BCUT2D eigenvalue weighted by Gasteiger charge is 2.40. The van der Waals surface area contributed by atoms with Gasteiger partial charge in [-0.05, 0) is 86.3 Å². The minimum Gasteiger partial charge on any atom is -0.325 e. The number of halogens is 1. The first-order chi connectivity index (χ1) is 15.6. The molecule has 2 aliphatic rings. The van der Waals surface area contributed by atoms with Gasteiger partial charge in [0.2, 0.25) is 0 Å². The third kappa shape index (κ3) is 3.07. The van der Waals surface area contributed by atoms with E-state index in [0.29, 0.717) is 11.2 Å². The van der Waals surface area contributed by atoms with Gasteiger partial charge >= 0.3 is 0 Å². The van der Waals surface area contributed by atoms with Crippen molar-refractivity contribution in [3.05, 3.63) is 59.2 Å². The van der Waals surface area contributed by atoms with E-state index >= 15 is 0 Å². The summed E-state index contributed by atoms with van der Waals surface area (Å²) in [5.41, 5.74) is 5.56. The zero-order chi connectivity index (χ0) is 21.9. The van der Waals surface area contributed by atoms with Gasteiger partial charge < -0.3 is 4.90 Å². The predicted molar refractivity (Wildman–Crippen MR) is 125 cm³/mol. The largest absolute Gasteiger partial charge is 0.325 e. The molecule has 0 amide bonds. The summed E-state index contributed by atoms with van der Waals surface area (Å²) in [4.78, 5) is 7.14. The second-order valence-electron chi connectivity index (χ2n) is 9.50. The molecule has 0 saturated heterocycles. The van der Waals surface area contributed by atoms with Gasteiger partial charge in [0.1, 0.15) is 17.5 Å². The Balaban J connectivity index is 1.48. The minimum atomic E-state index is -0.258. The molecule has 1 saturated carbocycles. The quantitative estimate of drug-likeness (QED) is 0.394. The van der Waals surface area contributed by atoms with Crippen molar-refractivity contribution < 1.29 is 4.39 Å². The Kier molecular flexibility index (Phi) is 4.46. The van der Waals surface area contributed by atoms with Crippen LogP contribution in [-0.2, 0) is 12.8 Å². The highest BCUT2D eigenvalue weighted by atomic mass is 19.1. The highest BCUT2D eigenvalue weighted by molar-refractivity contribution is 5.94. The van der Waals surface area contributed by atoms with E-state index in [4.69, 9.17) is 4.98 Å². The van der Waals surface area contributed by atoms with Crippen LogP contribution < -0.4 is 4.90 Å². The van der Waals surface area contributed by atoms with Crippen molar-refractivity contribution in [3.8, 4) is 0 Å². The molecule has 164 valence electrons. The summed E-state index contributed by atoms with van der Waals surface area (Å²) in [7, 11) is 0. The van der Waals surface area contributed by atoms with Crippen LogP contribution in [0.1, 0.15) is 56.0 Å². The molecule has 0 atom stereocenters. The summed E-state index contributed by atoms with van der Waals surface area (Å²) in [5.74, 6) is 1.82. The normalized spacial score (nSPS) is 17.2. The van der Waals surface area contributed by atoms with Crippen LogP contribution >= 0.6 is 0 Å². The Labute approximate surface area is 187 Å². The Hall–Kier alpha value is -3.02. The molecule has 0 radical (unpaired) electrons. The van der Waals surface area contributed by atoms with Gasteiger partial charge in [-0.3, -0.25) is 4.40 Å². The molecule has 0 unspecified atom stereocenters. The third-order valence-corrected chi connectivity index (χ3v) is 7.69. The smallest absolute Gasteiger partial charge is 0.257 e. The monoisotopic (exact) mass is 429 g/mol. The lowest BCUT2D eigenvalue weighted by atomic mass is 9.89. The molecule has 1 aliphatic carbocycles. The van der Waals surface area contributed by atoms with Crippen LogP contribution in [0.15, 0.2) is 36.4 Å².